The Kier molecular flexibility index (Phi) is 4.77. The number of hydrogen-bond acceptors (Lipinski definition) is 3. The van der Waals surface area contributed by atoms with Crippen molar-refractivity contribution in [1.29, 1.82) is 0 Å². The van der Waals surface area contributed by atoms with Crippen molar-refractivity contribution in [2.75, 3.05) is 7.11 Å². The Morgan fingerprint density at radius 1 is 1.26 bits per heavy atom. The fourth-order valence-corrected chi connectivity index (χ4v) is 2.76. The minimum absolute atomic E-state index is 0.129. The number of methoxy groups -OCH3 is 1. The first kappa shape index (κ1) is 14.3. The second-order valence-corrected chi connectivity index (χ2v) is 5.73. The van der Waals surface area contributed by atoms with E-state index in [1.807, 2.05) is 13.0 Å². The maximum absolute atomic E-state index is 6.46. The lowest BCUT2D eigenvalue weighted by atomic mass is 10.1. The van der Waals surface area contributed by atoms with E-state index in [9.17, 15) is 0 Å². The smallest absolute Gasteiger partial charge is 0.216 e. The predicted octanol–water partition coefficient (Wildman–Crippen LogP) is 4.08. The molecule has 3 nitrogen and oxygen atoms in total. The van der Waals surface area contributed by atoms with Crippen LogP contribution in [0, 0.1) is 6.92 Å². The molecule has 19 heavy (non-hydrogen) atoms. The summed E-state index contributed by atoms with van der Waals surface area (Å²) in [5.74, 6) is 0.555. The first-order chi connectivity index (χ1) is 9.08. The molecule has 0 saturated heterocycles. The third-order valence-electron chi connectivity index (χ3n) is 2.72. The van der Waals surface area contributed by atoms with Crippen molar-refractivity contribution in [2.24, 2.45) is 0 Å². The van der Waals surface area contributed by atoms with Gasteiger partial charge >= 0.3 is 0 Å². The lowest BCUT2D eigenvalue weighted by molar-refractivity contribution is 0.396. The van der Waals surface area contributed by atoms with Crippen LogP contribution in [0.1, 0.15) is 22.2 Å². The highest BCUT2D eigenvalue weighted by molar-refractivity contribution is 9.10. The van der Waals surface area contributed by atoms with E-state index in [0.29, 0.717) is 12.3 Å². The van der Waals surface area contributed by atoms with E-state index in [2.05, 4.69) is 38.0 Å². The third kappa shape index (κ3) is 3.91. The van der Waals surface area contributed by atoms with E-state index >= 15 is 0 Å². The second kappa shape index (κ2) is 6.35. The van der Waals surface area contributed by atoms with Gasteiger partial charge in [-0.1, -0.05) is 22.0 Å². The van der Waals surface area contributed by atoms with Crippen LogP contribution in [-0.4, -0.2) is 17.1 Å². The van der Waals surface area contributed by atoms with Crippen molar-refractivity contribution in [3.8, 4) is 5.88 Å². The van der Waals surface area contributed by atoms with Gasteiger partial charge in [-0.3, -0.25) is 0 Å². The van der Waals surface area contributed by atoms with Gasteiger partial charge in [0.1, 0.15) is 6.33 Å². The number of ether oxygens (including phenoxy) is 1. The average Bonchev–Trinajstić information content (AvgIpc) is 2.37. The molecule has 2 rings (SSSR count). The molecule has 0 N–H and O–H groups in total. The number of nitrogens with zero attached hydrogens (tertiary/aromatic N) is 2. The fourth-order valence-electron chi connectivity index (χ4n) is 1.85. The maximum Gasteiger partial charge on any atom is 0.216 e. The molecule has 100 valence electrons. The summed E-state index contributed by atoms with van der Waals surface area (Å²) in [4.78, 5) is 8.19. The van der Waals surface area contributed by atoms with Gasteiger partial charge in [0.2, 0.25) is 5.88 Å². The van der Waals surface area contributed by atoms with Gasteiger partial charge in [-0.15, -0.1) is 11.6 Å². The molecule has 1 heterocycles. The molecule has 5 heteroatoms. The molecule has 0 aliphatic rings. The van der Waals surface area contributed by atoms with Crippen molar-refractivity contribution >= 4 is 27.5 Å². The van der Waals surface area contributed by atoms with E-state index < -0.39 is 0 Å². The van der Waals surface area contributed by atoms with Crippen LogP contribution in [0.15, 0.2) is 35.1 Å². The van der Waals surface area contributed by atoms with E-state index in [1.54, 1.807) is 13.2 Å². The number of aromatic nitrogens is 2. The molecule has 1 unspecified atom stereocenters. The molecule has 0 fully saturated rings. The predicted molar refractivity (Wildman–Crippen MR) is 79.8 cm³/mol. The molecule has 0 radical (unpaired) electrons. The largest absolute Gasteiger partial charge is 0.481 e. The van der Waals surface area contributed by atoms with Crippen molar-refractivity contribution < 1.29 is 4.74 Å². The number of halogens is 2. The maximum atomic E-state index is 6.46. The average molecular weight is 342 g/mol. The van der Waals surface area contributed by atoms with Crippen LogP contribution in [0.2, 0.25) is 0 Å². The topological polar surface area (TPSA) is 35.0 Å². The Labute approximate surface area is 126 Å². The zero-order chi connectivity index (χ0) is 13.8. The van der Waals surface area contributed by atoms with Crippen LogP contribution in [0.3, 0.4) is 0 Å². The molecule has 0 spiro atoms. The molecule has 0 aliphatic heterocycles. The lowest BCUT2D eigenvalue weighted by Gasteiger charge is -2.11. The summed E-state index contributed by atoms with van der Waals surface area (Å²) in [6.07, 6.45) is 2.13. The monoisotopic (exact) mass is 340 g/mol. The number of alkyl halides is 1. The Balaban J connectivity index is 2.17. The summed E-state index contributed by atoms with van der Waals surface area (Å²) in [5.41, 5.74) is 3.12. The minimum atomic E-state index is -0.129. The Bertz CT molecular complexity index is 557. The summed E-state index contributed by atoms with van der Waals surface area (Å²) >= 11 is 9.94. The van der Waals surface area contributed by atoms with E-state index in [4.69, 9.17) is 16.3 Å². The van der Waals surface area contributed by atoms with Gasteiger partial charge in [0.25, 0.3) is 0 Å². The molecular weight excluding hydrogens is 328 g/mol. The standard InChI is InChI=1S/C14H14BrClN2O/c1-9-3-10(5-11(15)4-9)13(16)6-12-7-14(19-2)18-8-17-12/h3-5,7-8,13H,6H2,1-2H3. The number of aryl methyl sites for hydroxylation is 1. The van der Waals surface area contributed by atoms with Gasteiger partial charge in [-0.05, 0) is 30.2 Å². The molecule has 1 aromatic carbocycles. The Morgan fingerprint density at radius 3 is 2.74 bits per heavy atom. The van der Waals surface area contributed by atoms with Crippen molar-refractivity contribution in [3.05, 3.63) is 51.9 Å². The first-order valence-electron chi connectivity index (χ1n) is 5.84. The summed E-state index contributed by atoms with van der Waals surface area (Å²) in [7, 11) is 1.59. The highest BCUT2D eigenvalue weighted by Gasteiger charge is 2.12. The molecule has 2 aromatic rings. The number of benzene rings is 1. The molecular formula is C14H14BrClN2O. The Morgan fingerprint density at radius 2 is 2.05 bits per heavy atom. The van der Waals surface area contributed by atoms with Crippen LogP contribution >= 0.6 is 27.5 Å². The van der Waals surface area contributed by atoms with Gasteiger partial charge in [0, 0.05) is 22.7 Å². The molecule has 0 bridgehead atoms. The van der Waals surface area contributed by atoms with Crippen LogP contribution < -0.4 is 4.74 Å². The van der Waals surface area contributed by atoms with Crippen molar-refractivity contribution in [1.82, 2.24) is 9.97 Å². The SMILES string of the molecule is COc1cc(CC(Cl)c2cc(C)cc(Br)c2)ncn1. The number of hydrogen-bond donors (Lipinski definition) is 0. The molecule has 0 saturated carbocycles. The van der Waals surface area contributed by atoms with E-state index in [0.717, 1.165) is 15.7 Å². The quantitative estimate of drug-likeness (QED) is 0.786. The van der Waals surface area contributed by atoms with Gasteiger partial charge < -0.3 is 4.74 Å². The summed E-state index contributed by atoms with van der Waals surface area (Å²) in [6, 6.07) is 7.98. The van der Waals surface area contributed by atoms with Gasteiger partial charge in [-0.2, -0.15) is 0 Å². The third-order valence-corrected chi connectivity index (χ3v) is 3.59. The normalized spacial score (nSPS) is 12.2. The molecule has 1 atom stereocenters. The summed E-state index contributed by atoms with van der Waals surface area (Å²) in [5, 5.41) is -0.129. The van der Waals surface area contributed by atoms with Crippen LogP contribution in [0.4, 0.5) is 0 Å². The van der Waals surface area contributed by atoms with Crippen molar-refractivity contribution in [2.45, 2.75) is 18.7 Å². The highest BCUT2D eigenvalue weighted by Crippen LogP contribution is 2.28. The van der Waals surface area contributed by atoms with E-state index in [1.165, 1.54) is 11.9 Å². The van der Waals surface area contributed by atoms with Gasteiger partial charge in [-0.25, -0.2) is 9.97 Å². The zero-order valence-corrected chi connectivity index (χ0v) is 13.1. The van der Waals surface area contributed by atoms with Crippen LogP contribution in [0.5, 0.6) is 5.88 Å². The first-order valence-corrected chi connectivity index (χ1v) is 7.07. The lowest BCUT2D eigenvalue weighted by Crippen LogP contribution is -2.00. The van der Waals surface area contributed by atoms with Gasteiger partial charge in [0.15, 0.2) is 0 Å². The zero-order valence-electron chi connectivity index (χ0n) is 10.7. The molecule has 0 aliphatic carbocycles. The second-order valence-electron chi connectivity index (χ2n) is 4.29. The van der Waals surface area contributed by atoms with E-state index in [-0.39, 0.29) is 5.38 Å². The number of rotatable bonds is 4. The fraction of sp³-hybridized carbons (Fsp3) is 0.286. The van der Waals surface area contributed by atoms with Crippen LogP contribution in [0.25, 0.3) is 0 Å². The summed E-state index contributed by atoms with van der Waals surface area (Å²) < 4.78 is 6.11. The van der Waals surface area contributed by atoms with Gasteiger partial charge in [0.05, 0.1) is 12.5 Å². The summed E-state index contributed by atoms with van der Waals surface area (Å²) in [6.45, 7) is 2.05. The van der Waals surface area contributed by atoms with Crippen molar-refractivity contribution in [3.63, 3.8) is 0 Å². The van der Waals surface area contributed by atoms with Crippen LogP contribution in [-0.2, 0) is 6.42 Å². The minimum Gasteiger partial charge on any atom is -0.481 e. The highest BCUT2D eigenvalue weighted by atomic mass is 79.9. The Hall–Kier alpha value is -1.13. The molecule has 1 aromatic heterocycles. The molecule has 0 amide bonds.